The molecular weight excluding hydrogens is 346 g/mol. The van der Waals surface area contributed by atoms with E-state index in [2.05, 4.69) is 0 Å². The molecule has 0 saturated carbocycles. The number of hydrogen-bond donors (Lipinski definition) is 0. The number of hydrogen-bond acceptors (Lipinski definition) is 5. The van der Waals surface area contributed by atoms with Crippen molar-refractivity contribution in [1.82, 2.24) is 4.31 Å². The summed E-state index contributed by atoms with van der Waals surface area (Å²) in [4.78, 5) is 0.315. The number of para-hydroxylation sites is 2. The molecular formula is C17H19NO4S2. The van der Waals surface area contributed by atoms with Crippen LogP contribution in [0.3, 0.4) is 0 Å². The molecule has 1 fully saturated rings. The van der Waals surface area contributed by atoms with Crippen LogP contribution in [0.15, 0.2) is 59.5 Å². The monoisotopic (exact) mass is 365 g/mol. The van der Waals surface area contributed by atoms with E-state index in [1.165, 1.54) is 4.31 Å². The second kappa shape index (κ2) is 7.46. The van der Waals surface area contributed by atoms with Crippen molar-refractivity contribution in [2.45, 2.75) is 10.3 Å². The minimum atomic E-state index is -3.51. The summed E-state index contributed by atoms with van der Waals surface area (Å²) in [6.07, 6.45) is 0. The SMILES string of the molecule is COc1ccccc1OCC1SCCN1S(=O)(=O)c1ccccc1. The van der Waals surface area contributed by atoms with E-state index in [1.54, 1.807) is 49.2 Å². The van der Waals surface area contributed by atoms with Gasteiger partial charge in [0.15, 0.2) is 11.5 Å². The molecule has 1 aliphatic heterocycles. The van der Waals surface area contributed by atoms with Gasteiger partial charge in [-0.3, -0.25) is 0 Å². The van der Waals surface area contributed by atoms with E-state index >= 15 is 0 Å². The van der Waals surface area contributed by atoms with Crippen LogP contribution in [0.2, 0.25) is 0 Å². The molecule has 1 aliphatic rings. The first-order chi connectivity index (χ1) is 11.6. The summed E-state index contributed by atoms with van der Waals surface area (Å²) in [7, 11) is -1.92. The van der Waals surface area contributed by atoms with Gasteiger partial charge in [0.25, 0.3) is 0 Å². The van der Waals surface area contributed by atoms with Crippen LogP contribution in [0.4, 0.5) is 0 Å². The van der Waals surface area contributed by atoms with Gasteiger partial charge in [-0.15, -0.1) is 11.8 Å². The summed E-state index contributed by atoms with van der Waals surface area (Å²) in [5.74, 6) is 2.01. The second-order valence-electron chi connectivity index (χ2n) is 5.22. The molecule has 0 aliphatic carbocycles. The minimum Gasteiger partial charge on any atom is -0.493 e. The maximum atomic E-state index is 12.8. The summed E-state index contributed by atoms with van der Waals surface area (Å²) in [5, 5.41) is -0.250. The highest BCUT2D eigenvalue weighted by Crippen LogP contribution is 2.32. The van der Waals surface area contributed by atoms with Crippen molar-refractivity contribution in [2.24, 2.45) is 0 Å². The maximum absolute atomic E-state index is 12.8. The van der Waals surface area contributed by atoms with Gasteiger partial charge in [0.05, 0.1) is 12.0 Å². The first-order valence-corrected chi connectivity index (χ1v) is 10.1. The molecule has 128 valence electrons. The van der Waals surface area contributed by atoms with E-state index in [0.717, 1.165) is 5.75 Å². The zero-order valence-corrected chi connectivity index (χ0v) is 14.9. The number of rotatable bonds is 6. The van der Waals surface area contributed by atoms with Crippen molar-refractivity contribution in [3.05, 3.63) is 54.6 Å². The molecule has 2 aromatic carbocycles. The number of thioether (sulfide) groups is 1. The Hall–Kier alpha value is -1.70. The van der Waals surface area contributed by atoms with Crippen molar-refractivity contribution in [3.8, 4) is 11.5 Å². The Morgan fingerprint density at radius 2 is 1.75 bits per heavy atom. The van der Waals surface area contributed by atoms with Crippen molar-refractivity contribution in [1.29, 1.82) is 0 Å². The lowest BCUT2D eigenvalue weighted by atomic mass is 10.3. The molecule has 1 saturated heterocycles. The van der Waals surface area contributed by atoms with Gasteiger partial charge in [-0.1, -0.05) is 30.3 Å². The highest BCUT2D eigenvalue weighted by molar-refractivity contribution is 8.01. The molecule has 0 bridgehead atoms. The molecule has 0 aromatic heterocycles. The lowest BCUT2D eigenvalue weighted by Crippen LogP contribution is -2.38. The van der Waals surface area contributed by atoms with Gasteiger partial charge in [-0.2, -0.15) is 4.31 Å². The number of benzene rings is 2. The Morgan fingerprint density at radius 3 is 2.46 bits per heavy atom. The molecule has 0 N–H and O–H groups in total. The third kappa shape index (κ3) is 3.53. The average Bonchev–Trinajstić information content (AvgIpc) is 3.10. The molecule has 0 radical (unpaired) electrons. The van der Waals surface area contributed by atoms with Crippen LogP contribution < -0.4 is 9.47 Å². The summed E-state index contributed by atoms with van der Waals surface area (Å²) >= 11 is 1.59. The molecule has 0 amide bonds. The van der Waals surface area contributed by atoms with Gasteiger partial charge in [0, 0.05) is 12.3 Å². The summed E-state index contributed by atoms with van der Waals surface area (Å²) in [6.45, 7) is 0.763. The fraction of sp³-hybridized carbons (Fsp3) is 0.294. The Balaban J connectivity index is 1.74. The highest BCUT2D eigenvalue weighted by atomic mass is 32.2. The molecule has 7 heteroatoms. The van der Waals surface area contributed by atoms with E-state index in [1.807, 2.05) is 24.3 Å². The van der Waals surface area contributed by atoms with Crippen molar-refractivity contribution in [2.75, 3.05) is 26.0 Å². The smallest absolute Gasteiger partial charge is 0.244 e. The van der Waals surface area contributed by atoms with E-state index < -0.39 is 10.0 Å². The lowest BCUT2D eigenvalue weighted by molar-refractivity contribution is 0.255. The van der Waals surface area contributed by atoms with Gasteiger partial charge < -0.3 is 9.47 Å². The summed E-state index contributed by atoms with van der Waals surface area (Å²) < 4.78 is 38.2. The van der Waals surface area contributed by atoms with Gasteiger partial charge in [-0.05, 0) is 24.3 Å². The normalized spacial score (nSPS) is 18.5. The van der Waals surface area contributed by atoms with Crippen LogP contribution in [0.1, 0.15) is 0 Å². The first kappa shape index (κ1) is 17.1. The molecule has 24 heavy (non-hydrogen) atoms. The van der Waals surface area contributed by atoms with Crippen LogP contribution in [0.25, 0.3) is 0 Å². The van der Waals surface area contributed by atoms with Crippen LogP contribution in [-0.4, -0.2) is 44.1 Å². The van der Waals surface area contributed by atoms with Crippen LogP contribution in [-0.2, 0) is 10.0 Å². The predicted octanol–water partition coefficient (Wildman–Crippen LogP) is 2.84. The fourth-order valence-corrected chi connectivity index (χ4v) is 5.66. The average molecular weight is 365 g/mol. The van der Waals surface area contributed by atoms with E-state index in [9.17, 15) is 8.42 Å². The predicted molar refractivity (Wildman–Crippen MR) is 95.1 cm³/mol. The van der Waals surface area contributed by atoms with Crippen LogP contribution >= 0.6 is 11.8 Å². The molecule has 0 spiro atoms. The Labute approximate surface area is 146 Å². The molecule has 5 nitrogen and oxygen atoms in total. The summed E-state index contributed by atoms with van der Waals surface area (Å²) in [5.41, 5.74) is 0. The zero-order chi connectivity index (χ0) is 17.0. The standard InChI is InChI=1S/C17H19NO4S2/c1-21-15-9-5-6-10-16(15)22-13-17-18(11-12-23-17)24(19,20)14-7-3-2-4-8-14/h2-10,17H,11-13H2,1H3. The molecule has 3 rings (SSSR count). The molecule has 1 unspecified atom stereocenters. The topological polar surface area (TPSA) is 55.8 Å². The fourth-order valence-electron chi connectivity index (χ4n) is 2.54. The summed E-state index contributed by atoms with van der Waals surface area (Å²) in [6, 6.07) is 15.9. The largest absolute Gasteiger partial charge is 0.493 e. The number of sulfonamides is 1. The third-order valence-corrected chi connectivity index (χ3v) is 6.99. The van der Waals surface area contributed by atoms with Crippen molar-refractivity contribution >= 4 is 21.8 Å². The van der Waals surface area contributed by atoms with Crippen LogP contribution in [0, 0.1) is 0 Å². The Bertz CT molecular complexity index is 780. The minimum absolute atomic E-state index is 0.250. The maximum Gasteiger partial charge on any atom is 0.244 e. The first-order valence-electron chi connectivity index (χ1n) is 7.57. The quantitative estimate of drug-likeness (QED) is 0.788. The molecule has 1 atom stereocenters. The van der Waals surface area contributed by atoms with E-state index in [4.69, 9.17) is 9.47 Å². The second-order valence-corrected chi connectivity index (χ2v) is 8.39. The van der Waals surface area contributed by atoms with Crippen molar-refractivity contribution in [3.63, 3.8) is 0 Å². The van der Waals surface area contributed by atoms with Gasteiger partial charge in [0.2, 0.25) is 10.0 Å². The molecule has 2 aromatic rings. The van der Waals surface area contributed by atoms with Gasteiger partial charge in [0.1, 0.15) is 12.0 Å². The van der Waals surface area contributed by atoms with Gasteiger partial charge in [-0.25, -0.2) is 8.42 Å². The highest BCUT2D eigenvalue weighted by Gasteiger charge is 2.36. The van der Waals surface area contributed by atoms with E-state index in [0.29, 0.717) is 22.9 Å². The third-order valence-electron chi connectivity index (χ3n) is 3.74. The van der Waals surface area contributed by atoms with Crippen LogP contribution in [0.5, 0.6) is 11.5 Å². The Morgan fingerprint density at radius 1 is 1.08 bits per heavy atom. The molecule has 1 heterocycles. The number of nitrogens with zero attached hydrogens (tertiary/aromatic N) is 1. The van der Waals surface area contributed by atoms with Gasteiger partial charge >= 0.3 is 0 Å². The van der Waals surface area contributed by atoms with E-state index in [-0.39, 0.29) is 12.0 Å². The lowest BCUT2D eigenvalue weighted by Gasteiger charge is -2.23. The number of ether oxygens (including phenoxy) is 2. The zero-order valence-electron chi connectivity index (χ0n) is 13.3. The van der Waals surface area contributed by atoms with Crippen molar-refractivity contribution < 1.29 is 17.9 Å². The Kier molecular flexibility index (Phi) is 5.33. The number of methoxy groups -OCH3 is 1.